The number of carboxylic acid groups (broad SMARTS) is 1. The standard InChI is InChI=1S/C15H19Cl2N3O4/c1-3-20(4-2)15(24)18-8-11(14(22)23)19-13(21)12-9(16)6-5-7-10(12)17/h5-7,11H,3-4,8H2,1-2H3,(H,18,24)(H,19,21)(H,22,23)/t11-/m0/s1. The topological polar surface area (TPSA) is 98.7 Å². The van der Waals surface area contributed by atoms with Gasteiger partial charge in [0.15, 0.2) is 0 Å². The maximum absolute atomic E-state index is 12.2. The normalized spacial score (nSPS) is 11.5. The van der Waals surface area contributed by atoms with Gasteiger partial charge in [0, 0.05) is 13.1 Å². The third-order valence-electron chi connectivity index (χ3n) is 3.30. The summed E-state index contributed by atoms with van der Waals surface area (Å²) in [5.41, 5.74) is -0.0119. The summed E-state index contributed by atoms with van der Waals surface area (Å²) in [7, 11) is 0. The summed E-state index contributed by atoms with van der Waals surface area (Å²) in [5, 5.41) is 14.2. The van der Waals surface area contributed by atoms with Crippen LogP contribution in [0.1, 0.15) is 24.2 Å². The van der Waals surface area contributed by atoms with Gasteiger partial charge in [-0.15, -0.1) is 0 Å². The number of hydrogen-bond acceptors (Lipinski definition) is 3. The van der Waals surface area contributed by atoms with E-state index in [1.54, 1.807) is 19.9 Å². The molecule has 132 valence electrons. The predicted octanol–water partition coefficient (Wildman–Crippen LogP) is 2.23. The van der Waals surface area contributed by atoms with E-state index in [0.29, 0.717) is 13.1 Å². The van der Waals surface area contributed by atoms with Gasteiger partial charge in [-0.25, -0.2) is 9.59 Å². The summed E-state index contributed by atoms with van der Waals surface area (Å²) in [6, 6.07) is 2.79. The van der Waals surface area contributed by atoms with E-state index in [0.717, 1.165) is 0 Å². The van der Waals surface area contributed by atoms with Crippen LogP contribution in [0.4, 0.5) is 4.79 Å². The van der Waals surface area contributed by atoms with Crippen LogP contribution in [0.2, 0.25) is 10.0 Å². The summed E-state index contributed by atoms with van der Waals surface area (Å²) < 4.78 is 0. The maximum Gasteiger partial charge on any atom is 0.328 e. The SMILES string of the molecule is CCN(CC)C(=O)NC[C@H](NC(=O)c1c(Cl)cccc1Cl)C(=O)O. The lowest BCUT2D eigenvalue weighted by molar-refractivity contribution is -0.139. The molecule has 0 fully saturated rings. The largest absolute Gasteiger partial charge is 0.480 e. The molecule has 0 bridgehead atoms. The molecule has 1 atom stereocenters. The molecule has 0 radical (unpaired) electrons. The molecule has 9 heteroatoms. The lowest BCUT2D eigenvalue weighted by Gasteiger charge is -2.21. The summed E-state index contributed by atoms with van der Waals surface area (Å²) in [5.74, 6) is -2.01. The fourth-order valence-corrected chi connectivity index (χ4v) is 2.53. The van der Waals surface area contributed by atoms with Crippen molar-refractivity contribution in [3.8, 4) is 0 Å². The number of nitrogens with zero attached hydrogens (tertiary/aromatic N) is 1. The van der Waals surface area contributed by atoms with E-state index in [4.69, 9.17) is 23.2 Å². The van der Waals surface area contributed by atoms with Gasteiger partial charge in [0.25, 0.3) is 5.91 Å². The van der Waals surface area contributed by atoms with Crippen molar-refractivity contribution in [2.75, 3.05) is 19.6 Å². The zero-order valence-electron chi connectivity index (χ0n) is 13.3. The molecule has 3 N–H and O–H groups in total. The van der Waals surface area contributed by atoms with Crippen molar-refractivity contribution in [2.45, 2.75) is 19.9 Å². The minimum absolute atomic E-state index is 0.0119. The lowest BCUT2D eigenvalue weighted by atomic mass is 10.2. The lowest BCUT2D eigenvalue weighted by Crippen LogP contribution is -2.51. The van der Waals surface area contributed by atoms with E-state index < -0.39 is 23.9 Å². The molecule has 0 unspecified atom stereocenters. The molecule has 0 aliphatic carbocycles. The first-order valence-electron chi connectivity index (χ1n) is 7.32. The number of carbonyl (C=O) groups is 3. The Bertz CT molecular complexity index is 600. The predicted molar refractivity (Wildman–Crippen MR) is 91.7 cm³/mol. The molecule has 0 heterocycles. The van der Waals surface area contributed by atoms with Crippen molar-refractivity contribution < 1.29 is 19.5 Å². The molecule has 0 spiro atoms. The number of carboxylic acids is 1. The molecule has 1 aromatic rings. The van der Waals surface area contributed by atoms with Crippen LogP contribution in [0.15, 0.2) is 18.2 Å². The van der Waals surface area contributed by atoms with Crippen LogP contribution in [0.5, 0.6) is 0 Å². The smallest absolute Gasteiger partial charge is 0.328 e. The van der Waals surface area contributed by atoms with E-state index in [-0.39, 0.29) is 22.2 Å². The third kappa shape index (κ3) is 5.28. The van der Waals surface area contributed by atoms with Crippen LogP contribution < -0.4 is 10.6 Å². The van der Waals surface area contributed by atoms with Crippen LogP contribution in [-0.2, 0) is 4.79 Å². The van der Waals surface area contributed by atoms with E-state index >= 15 is 0 Å². The fraction of sp³-hybridized carbons (Fsp3) is 0.400. The Morgan fingerprint density at radius 1 is 1.17 bits per heavy atom. The Balaban J connectivity index is 2.78. The first-order chi connectivity index (χ1) is 11.3. The monoisotopic (exact) mass is 375 g/mol. The van der Waals surface area contributed by atoms with Gasteiger partial charge in [0.1, 0.15) is 6.04 Å². The molecule has 0 aliphatic heterocycles. The minimum atomic E-state index is -1.32. The molecule has 0 saturated heterocycles. The highest BCUT2D eigenvalue weighted by Gasteiger charge is 2.24. The van der Waals surface area contributed by atoms with Crippen LogP contribution in [-0.4, -0.2) is 53.6 Å². The van der Waals surface area contributed by atoms with E-state index in [1.807, 2.05) is 0 Å². The third-order valence-corrected chi connectivity index (χ3v) is 3.93. The van der Waals surface area contributed by atoms with Crippen molar-refractivity contribution >= 4 is 41.1 Å². The highest BCUT2D eigenvalue weighted by atomic mass is 35.5. The Labute approximate surface area is 149 Å². The fourth-order valence-electron chi connectivity index (χ4n) is 1.96. The van der Waals surface area contributed by atoms with Gasteiger partial charge in [0.2, 0.25) is 0 Å². The highest BCUT2D eigenvalue weighted by Crippen LogP contribution is 2.24. The molecular formula is C15H19Cl2N3O4. The molecule has 0 aromatic heterocycles. The zero-order chi connectivity index (χ0) is 18.3. The van der Waals surface area contributed by atoms with E-state index in [9.17, 15) is 19.5 Å². The second kappa shape index (κ2) is 9.34. The van der Waals surface area contributed by atoms with Gasteiger partial charge in [-0.05, 0) is 26.0 Å². The summed E-state index contributed by atoms with van der Waals surface area (Å²) in [4.78, 5) is 36.9. The Morgan fingerprint density at radius 2 is 1.71 bits per heavy atom. The average Bonchev–Trinajstić information content (AvgIpc) is 2.52. The van der Waals surface area contributed by atoms with Crippen molar-refractivity contribution in [2.24, 2.45) is 0 Å². The molecule has 1 aromatic carbocycles. The molecule has 0 saturated carbocycles. The Hall–Kier alpha value is -1.99. The van der Waals surface area contributed by atoms with E-state index in [1.165, 1.54) is 17.0 Å². The maximum atomic E-state index is 12.2. The van der Waals surface area contributed by atoms with Gasteiger partial charge in [0.05, 0.1) is 22.2 Å². The number of halogens is 2. The molecule has 3 amide bonds. The summed E-state index contributed by atoms with van der Waals surface area (Å²) >= 11 is 11.8. The Morgan fingerprint density at radius 3 is 2.17 bits per heavy atom. The van der Waals surface area contributed by atoms with Crippen molar-refractivity contribution in [1.29, 1.82) is 0 Å². The number of rotatable bonds is 7. The first kappa shape index (κ1) is 20.1. The number of aliphatic carboxylic acids is 1. The van der Waals surface area contributed by atoms with Crippen LogP contribution in [0.3, 0.4) is 0 Å². The second-order valence-electron chi connectivity index (χ2n) is 4.82. The van der Waals surface area contributed by atoms with Crippen LogP contribution in [0, 0.1) is 0 Å². The first-order valence-corrected chi connectivity index (χ1v) is 8.07. The summed E-state index contributed by atoms with van der Waals surface area (Å²) in [6.07, 6.45) is 0. The van der Waals surface area contributed by atoms with E-state index in [2.05, 4.69) is 10.6 Å². The number of amides is 3. The second-order valence-corrected chi connectivity index (χ2v) is 5.63. The number of urea groups is 1. The molecule has 1 rings (SSSR count). The van der Waals surface area contributed by atoms with Crippen molar-refractivity contribution in [3.05, 3.63) is 33.8 Å². The van der Waals surface area contributed by atoms with Gasteiger partial charge in [-0.1, -0.05) is 29.3 Å². The highest BCUT2D eigenvalue weighted by molar-refractivity contribution is 6.39. The van der Waals surface area contributed by atoms with Gasteiger partial charge in [-0.2, -0.15) is 0 Å². The van der Waals surface area contributed by atoms with Gasteiger partial charge in [-0.3, -0.25) is 4.79 Å². The summed E-state index contributed by atoms with van der Waals surface area (Å²) in [6.45, 7) is 4.32. The molecule has 7 nitrogen and oxygen atoms in total. The molecule has 24 heavy (non-hydrogen) atoms. The number of benzene rings is 1. The number of nitrogens with one attached hydrogen (secondary N) is 2. The Kier molecular flexibility index (Phi) is 7.81. The quantitative estimate of drug-likeness (QED) is 0.680. The minimum Gasteiger partial charge on any atom is -0.480 e. The zero-order valence-corrected chi connectivity index (χ0v) is 14.8. The molecular weight excluding hydrogens is 357 g/mol. The van der Waals surface area contributed by atoms with Gasteiger partial charge >= 0.3 is 12.0 Å². The number of hydrogen-bond donors (Lipinski definition) is 3. The average molecular weight is 376 g/mol. The molecule has 0 aliphatic rings. The van der Waals surface area contributed by atoms with Crippen LogP contribution >= 0.6 is 23.2 Å². The van der Waals surface area contributed by atoms with Gasteiger partial charge < -0.3 is 20.6 Å². The van der Waals surface area contributed by atoms with Crippen molar-refractivity contribution in [1.82, 2.24) is 15.5 Å². The van der Waals surface area contributed by atoms with Crippen LogP contribution in [0.25, 0.3) is 0 Å². The van der Waals surface area contributed by atoms with Crippen molar-refractivity contribution in [3.63, 3.8) is 0 Å². The number of carbonyl (C=O) groups excluding carboxylic acids is 2.